The largest absolute Gasteiger partial charge is 0.439 e. The first-order valence-corrected chi connectivity index (χ1v) is 14.0. The zero-order chi connectivity index (χ0) is 27.8. The number of nitrogens with zero attached hydrogens (tertiary/aromatic N) is 3. The van der Waals surface area contributed by atoms with E-state index in [2.05, 4.69) is 25.9 Å². The molecule has 0 spiro atoms. The van der Waals surface area contributed by atoms with Crippen LogP contribution in [0.4, 0.5) is 21.9 Å². The van der Waals surface area contributed by atoms with Crippen LogP contribution in [-0.4, -0.2) is 39.9 Å². The summed E-state index contributed by atoms with van der Waals surface area (Å²) in [7, 11) is 0. The lowest BCUT2D eigenvalue weighted by Gasteiger charge is -2.30. The van der Waals surface area contributed by atoms with E-state index in [-0.39, 0.29) is 29.9 Å². The summed E-state index contributed by atoms with van der Waals surface area (Å²) in [4.78, 5) is 49.8. The Balaban J connectivity index is 1.25. The van der Waals surface area contributed by atoms with Crippen LogP contribution < -0.4 is 25.6 Å². The highest BCUT2D eigenvalue weighted by Gasteiger charge is 2.34. The van der Waals surface area contributed by atoms with E-state index in [0.717, 1.165) is 36.6 Å². The van der Waals surface area contributed by atoms with Crippen molar-refractivity contribution in [2.24, 2.45) is 0 Å². The fourth-order valence-electron chi connectivity index (χ4n) is 5.33. The smallest absolute Gasteiger partial charge is 0.331 e. The third-order valence-electron chi connectivity index (χ3n) is 7.19. The van der Waals surface area contributed by atoms with E-state index in [1.165, 1.54) is 18.3 Å². The molecule has 0 saturated heterocycles. The molecule has 4 amide bonds. The van der Waals surface area contributed by atoms with Crippen molar-refractivity contribution < 1.29 is 19.1 Å². The molecule has 1 aromatic carbocycles. The van der Waals surface area contributed by atoms with Crippen molar-refractivity contribution in [3.63, 3.8) is 0 Å². The molecule has 1 aliphatic carbocycles. The number of nitrogens with one attached hydrogen (secondary N) is 3. The van der Waals surface area contributed by atoms with E-state index in [4.69, 9.17) is 4.74 Å². The first-order valence-electron chi connectivity index (χ1n) is 13.2. The predicted octanol–water partition coefficient (Wildman–Crippen LogP) is 5.65. The number of para-hydroxylation sites is 1. The average molecular weight is 557 g/mol. The standard InChI is InChI=1S/C29H28N6O4S/c1-16-14-23(39-20-6-4-3-5-7-20)31-15-22(16)35-21-12-13-30-28-24(21)25(34-29(35)38)26(40-28)27(37)33-19-10-8-18(9-11-19)32-17(2)36/h3-7,12-15,18-19H,8-11H2,1-2H3,(H,32,36)(H,33,37)(H,34,38)/t18-,19+. The van der Waals surface area contributed by atoms with Gasteiger partial charge in [-0.1, -0.05) is 18.2 Å². The normalized spacial score (nSPS) is 18.2. The zero-order valence-electron chi connectivity index (χ0n) is 22.1. The van der Waals surface area contributed by atoms with Gasteiger partial charge >= 0.3 is 6.03 Å². The SMILES string of the molecule is CC(=O)N[C@H]1CC[C@@H](NC(=O)c2sc3nccc4c3c2NC(=O)N4c2cnc(Oc3ccccc3)cc2C)CC1. The molecule has 0 atom stereocenters. The van der Waals surface area contributed by atoms with Gasteiger partial charge in [0.2, 0.25) is 11.8 Å². The zero-order valence-corrected chi connectivity index (χ0v) is 22.9. The van der Waals surface area contributed by atoms with Crippen LogP contribution in [-0.2, 0) is 4.79 Å². The lowest BCUT2D eigenvalue weighted by Crippen LogP contribution is -2.43. The average Bonchev–Trinajstić information content (AvgIpc) is 3.30. The molecule has 6 rings (SSSR count). The van der Waals surface area contributed by atoms with Crippen LogP contribution in [0.1, 0.15) is 47.8 Å². The Kier molecular flexibility index (Phi) is 6.81. The number of thiophene rings is 1. The quantitative estimate of drug-likeness (QED) is 0.282. The van der Waals surface area contributed by atoms with E-state index < -0.39 is 0 Å². The number of carbonyl (C=O) groups excluding carboxylic acids is 3. The Bertz CT molecular complexity index is 1610. The summed E-state index contributed by atoms with van der Waals surface area (Å²) >= 11 is 1.26. The van der Waals surface area contributed by atoms with Gasteiger partial charge in [-0.2, -0.15) is 0 Å². The molecular formula is C29H28N6O4S. The minimum Gasteiger partial charge on any atom is -0.439 e. The Morgan fingerprint density at radius 3 is 2.45 bits per heavy atom. The van der Waals surface area contributed by atoms with Crippen LogP contribution in [0, 0.1) is 6.92 Å². The van der Waals surface area contributed by atoms with Gasteiger partial charge in [0.25, 0.3) is 5.91 Å². The molecule has 1 fully saturated rings. The minimum absolute atomic E-state index is 0.00323. The van der Waals surface area contributed by atoms with Gasteiger partial charge in [0.1, 0.15) is 15.5 Å². The maximum atomic E-state index is 13.5. The molecule has 4 aromatic rings. The van der Waals surface area contributed by atoms with E-state index >= 15 is 0 Å². The highest BCUT2D eigenvalue weighted by Crippen LogP contribution is 2.46. The van der Waals surface area contributed by atoms with Crippen molar-refractivity contribution in [2.45, 2.75) is 51.6 Å². The first-order chi connectivity index (χ1) is 19.4. The number of aryl methyl sites for hydroxylation is 1. The van der Waals surface area contributed by atoms with Crippen molar-refractivity contribution >= 4 is 56.5 Å². The number of hydrogen-bond acceptors (Lipinski definition) is 7. The molecule has 3 N–H and O–H groups in total. The van der Waals surface area contributed by atoms with E-state index in [0.29, 0.717) is 38.4 Å². The molecule has 10 nitrogen and oxygen atoms in total. The molecule has 1 saturated carbocycles. The summed E-state index contributed by atoms with van der Waals surface area (Å²) in [5, 5.41) is 9.74. The second-order valence-electron chi connectivity index (χ2n) is 10.0. The van der Waals surface area contributed by atoms with Crippen LogP contribution in [0.3, 0.4) is 0 Å². The van der Waals surface area contributed by atoms with Crippen molar-refractivity contribution in [2.75, 3.05) is 10.2 Å². The fourth-order valence-corrected chi connectivity index (χ4v) is 6.35. The third-order valence-corrected chi connectivity index (χ3v) is 8.28. The first kappa shape index (κ1) is 25.8. The molecule has 0 bridgehead atoms. The molecule has 4 heterocycles. The molecule has 0 unspecified atom stereocenters. The summed E-state index contributed by atoms with van der Waals surface area (Å²) < 4.78 is 5.86. The molecule has 2 aliphatic rings. The summed E-state index contributed by atoms with van der Waals surface area (Å²) in [6.07, 6.45) is 6.42. The van der Waals surface area contributed by atoms with Crippen molar-refractivity contribution in [3.05, 3.63) is 65.3 Å². The maximum absolute atomic E-state index is 13.5. The van der Waals surface area contributed by atoms with E-state index in [1.807, 2.05) is 37.3 Å². The maximum Gasteiger partial charge on any atom is 0.331 e. The number of ether oxygens (including phenoxy) is 1. The van der Waals surface area contributed by atoms with Gasteiger partial charge in [-0.15, -0.1) is 11.3 Å². The highest BCUT2D eigenvalue weighted by atomic mass is 32.1. The Labute approximate surface area is 234 Å². The van der Waals surface area contributed by atoms with Gasteiger partial charge in [-0.25, -0.2) is 14.8 Å². The lowest BCUT2D eigenvalue weighted by molar-refractivity contribution is -0.119. The summed E-state index contributed by atoms with van der Waals surface area (Å²) in [5.74, 6) is 0.822. The van der Waals surface area contributed by atoms with E-state index in [9.17, 15) is 14.4 Å². The van der Waals surface area contributed by atoms with Crippen LogP contribution in [0.5, 0.6) is 11.6 Å². The predicted molar refractivity (Wildman–Crippen MR) is 154 cm³/mol. The van der Waals surface area contributed by atoms with Gasteiger partial charge in [-0.3, -0.25) is 14.5 Å². The van der Waals surface area contributed by atoms with Gasteiger partial charge in [0.05, 0.1) is 28.6 Å². The number of aromatic nitrogens is 2. The van der Waals surface area contributed by atoms with Gasteiger partial charge < -0.3 is 20.7 Å². The Morgan fingerprint density at radius 1 is 1.02 bits per heavy atom. The van der Waals surface area contributed by atoms with Gasteiger partial charge in [0, 0.05) is 31.3 Å². The van der Waals surface area contributed by atoms with Crippen LogP contribution in [0.2, 0.25) is 0 Å². The highest BCUT2D eigenvalue weighted by molar-refractivity contribution is 7.21. The molecule has 204 valence electrons. The number of anilines is 3. The van der Waals surface area contributed by atoms with Crippen molar-refractivity contribution in [3.8, 4) is 11.6 Å². The minimum atomic E-state index is -0.384. The Morgan fingerprint density at radius 2 is 1.75 bits per heavy atom. The number of hydrogen-bond donors (Lipinski definition) is 3. The van der Waals surface area contributed by atoms with Crippen molar-refractivity contribution in [1.82, 2.24) is 20.6 Å². The molecule has 40 heavy (non-hydrogen) atoms. The molecule has 11 heteroatoms. The molecule has 3 aromatic heterocycles. The van der Waals surface area contributed by atoms with Gasteiger partial charge in [-0.05, 0) is 56.4 Å². The number of carbonyl (C=O) groups is 3. The summed E-state index contributed by atoms with van der Waals surface area (Å²) in [5.41, 5.74) is 2.51. The lowest BCUT2D eigenvalue weighted by atomic mass is 9.91. The monoisotopic (exact) mass is 556 g/mol. The topological polar surface area (TPSA) is 126 Å². The number of benzene rings is 1. The van der Waals surface area contributed by atoms with Gasteiger partial charge in [0.15, 0.2) is 0 Å². The number of urea groups is 1. The number of amides is 4. The molecule has 0 radical (unpaired) electrons. The molecule has 1 aliphatic heterocycles. The second-order valence-corrected chi connectivity index (χ2v) is 11.0. The summed E-state index contributed by atoms with van der Waals surface area (Å²) in [6.45, 7) is 3.41. The summed E-state index contributed by atoms with van der Waals surface area (Å²) in [6, 6.07) is 12.7. The number of pyridine rings is 2. The second kappa shape index (κ2) is 10.6. The molecular weight excluding hydrogens is 528 g/mol. The fraction of sp³-hybridized carbons (Fsp3) is 0.276. The third kappa shape index (κ3) is 4.95. The van der Waals surface area contributed by atoms with E-state index in [1.54, 1.807) is 29.4 Å². The number of rotatable bonds is 6. The van der Waals surface area contributed by atoms with Crippen molar-refractivity contribution in [1.29, 1.82) is 0 Å². The van der Waals surface area contributed by atoms with Crippen LogP contribution in [0.25, 0.3) is 10.2 Å². The van der Waals surface area contributed by atoms with Crippen LogP contribution >= 0.6 is 11.3 Å². The van der Waals surface area contributed by atoms with Crippen LogP contribution in [0.15, 0.2) is 54.9 Å². The Hall–Kier alpha value is -4.51.